The largest absolute Gasteiger partial charge is 0.358 e. The lowest BCUT2D eigenvalue weighted by molar-refractivity contribution is -0.120. The van der Waals surface area contributed by atoms with Gasteiger partial charge in [-0.3, -0.25) is 14.4 Å². The molecule has 9 heteroatoms. The van der Waals surface area contributed by atoms with Crippen LogP contribution in [-0.2, 0) is 9.59 Å². The van der Waals surface area contributed by atoms with Gasteiger partial charge in [0.1, 0.15) is 5.82 Å². The van der Waals surface area contributed by atoms with Crippen LogP contribution < -0.4 is 21.3 Å². The maximum absolute atomic E-state index is 13.7. The number of carbonyl (C=O) groups excluding carboxylic acids is 3. The van der Waals surface area contributed by atoms with Crippen LogP contribution in [0.5, 0.6) is 0 Å². The van der Waals surface area contributed by atoms with Crippen molar-refractivity contribution in [1.82, 2.24) is 20.9 Å². The fourth-order valence-corrected chi connectivity index (χ4v) is 4.36. The standard InChI is InChI=1S/C24H28FN5O3/c1-13-20(10-18-17-9-16(25)3-4-19(17)30-23(18)32)29-14(2)22(13)24(33)28-12-21(31)27-11-15-5-7-26-8-6-15/h3-4,9-10,15,26,29H,5-8,11-12H2,1-2H3,(H,27,31)(H,28,33)(H,30,32). The van der Waals surface area contributed by atoms with E-state index in [9.17, 15) is 18.8 Å². The summed E-state index contributed by atoms with van der Waals surface area (Å²) in [5, 5.41) is 11.6. The topological polar surface area (TPSA) is 115 Å². The molecule has 5 N–H and O–H groups in total. The summed E-state index contributed by atoms with van der Waals surface area (Å²) in [6.07, 6.45) is 3.68. The normalized spacial score (nSPS) is 17.1. The van der Waals surface area contributed by atoms with Crippen molar-refractivity contribution in [3.05, 3.63) is 52.1 Å². The third kappa shape index (κ3) is 4.98. The Morgan fingerprint density at radius 2 is 1.94 bits per heavy atom. The summed E-state index contributed by atoms with van der Waals surface area (Å²) >= 11 is 0. The van der Waals surface area contributed by atoms with E-state index in [2.05, 4.69) is 26.3 Å². The minimum absolute atomic E-state index is 0.112. The van der Waals surface area contributed by atoms with Gasteiger partial charge in [0.25, 0.3) is 11.8 Å². The van der Waals surface area contributed by atoms with E-state index in [-0.39, 0.29) is 24.3 Å². The van der Waals surface area contributed by atoms with Crippen LogP contribution in [0.15, 0.2) is 18.2 Å². The van der Waals surface area contributed by atoms with Crippen LogP contribution in [0.1, 0.15) is 45.7 Å². The van der Waals surface area contributed by atoms with E-state index in [4.69, 9.17) is 0 Å². The fourth-order valence-electron chi connectivity index (χ4n) is 4.36. The molecule has 3 amide bonds. The molecule has 1 aromatic carbocycles. The summed E-state index contributed by atoms with van der Waals surface area (Å²) in [5.74, 6) is -0.906. The van der Waals surface area contributed by atoms with Gasteiger partial charge >= 0.3 is 0 Å². The lowest BCUT2D eigenvalue weighted by Gasteiger charge is -2.22. The fraction of sp³-hybridized carbons (Fsp3) is 0.375. The summed E-state index contributed by atoms with van der Waals surface area (Å²) in [6, 6.07) is 4.11. The SMILES string of the molecule is Cc1[nH]c(C=C2C(=O)Nc3ccc(F)cc32)c(C)c1C(=O)NCC(=O)NCC1CCNCC1. The lowest BCUT2D eigenvalue weighted by atomic mass is 9.98. The highest BCUT2D eigenvalue weighted by Gasteiger charge is 2.26. The van der Waals surface area contributed by atoms with Gasteiger partial charge in [0.05, 0.1) is 17.7 Å². The Morgan fingerprint density at radius 3 is 2.70 bits per heavy atom. The third-order valence-electron chi connectivity index (χ3n) is 6.21. The average Bonchev–Trinajstić information content (AvgIpc) is 3.26. The maximum Gasteiger partial charge on any atom is 0.256 e. The number of anilines is 1. The molecule has 0 bridgehead atoms. The molecular formula is C24H28FN5O3. The number of amides is 3. The van der Waals surface area contributed by atoms with Gasteiger partial charge in [-0.15, -0.1) is 0 Å². The molecule has 0 aliphatic carbocycles. The number of fused-ring (bicyclic) bond motifs is 1. The average molecular weight is 454 g/mol. The highest BCUT2D eigenvalue weighted by molar-refractivity contribution is 6.34. The van der Waals surface area contributed by atoms with Crippen LogP contribution in [0, 0.1) is 25.6 Å². The minimum atomic E-state index is -0.436. The molecule has 0 atom stereocenters. The second kappa shape index (κ2) is 9.58. The van der Waals surface area contributed by atoms with Crippen LogP contribution >= 0.6 is 0 Å². The number of aromatic amines is 1. The lowest BCUT2D eigenvalue weighted by Crippen LogP contribution is -2.41. The number of halogens is 1. The van der Waals surface area contributed by atoms with E-state index in [0.29, 0.717) is 51.8 Å². The first-order chi connectivity index (χ1) is 15.8. The van der Waals surface area contributed by atoms with Gasteiger partial charge in [0.15, 0.2) is 0 Å². The van der Waals surface area contributed by atoms with Crippen molar-refractivity contribution < 1.29 is 18.8 Å². The number of carbonyl (C=O) groups is 3. The van der Waals surface area contributed by atoms with Crippen molar-refractivity contribution in [2.24, 2.45) is 5.92 Å². The highest BCUT2D eigenvalue weighted by Crippen LogP contribution is 2.34. The first-order valence-electron chi connectivity index (χ1n) is 11.1. The third-order valence-corrected chi connectivity index (χ3v) is 6.21. The number of hydrogen-bond acceptors (Lipinski definition) is 4. The Morgan fingerprint density at radius 1 is 1.18 bits per heavy atom. The maximum atomic E-state index is 13.7. The zero-order valence-corrected chi connectivity index (χ0v) is 18.7. The van der Waals surface area contributed by atoms with Crippen molar-refractivity contribution in [2.75, 3.05) is 31.5 Å². The molecule has 1 aromatic heterocycles. The molecule has 3 heterocycles. The quantitative estimate of drug-likeness (QED) is 0.431. The second-order valence-electron chi connectivity index (χ2n) is 8.55. The van der Waals surface area contributed by atoms with Gasteiger partial charge < -0.3 is 26.3 Å². The van der Waals surface area contributed by atoms with Gasteiger partial charge in [-0.1, -0.05) is 0 Å². The molecular weight excluding hydrogens is 425 g/mol. The van der Waals surface area contributed by atoms with Crippen molar-refractivity contribution in [2.45, 2.75) is 26.7 Å². The number of nitrogens with one attached hydrogen (secondary N) is 5. The highest BCUT2D eigenvalue weighted by atomic mass is 19.1. The summed E-state index contributed by atoms with van der Waals surface area (Å²) in [4.78, 5) is 40.5. The van der Waals surface area contributed by atoms with E-state index < -0.39 is 5.82 Å². The van der Waals surface area contributed by atoms with Gasteiger partial charge in [-0.2, -0.15) is 0 Å². The molecule has 0 unspecified atom stereocenters. The van der Waals surface area contributed by atoms with Crippen LogP contribution in [-0.4, -0.2) is 48.9 Å². The van der Waals surface area contributed by atoms with Crippen molar-refractivity contribution >= 4 is 35.1 Å². The first-order valence-corrected chi connectivity index (χ1v) is 11.1. The number of H-pyrrole nitrogens is 1. The zero-order valence-electron chi connectivity index (χ0n) is 18.7. The van der Waals surface area contributed by atoms with E-state index in [0.717, 1.165) is 25.9 Å². The molecule has 8 nitrogen and oxygen atoms in total. The molecule has 2 aliphatic rings. The van der Waals surface area contributed by atoms with E-state index in [1.54, 1.807) is 19.9 Å². The molecule has 0 radical (unpaired) electrons. The number of rotatable bonds is 6. The molecule has 0 saturated carbocycles. The Balaban J connectivity index is 1.43. The number of piperidine rings is 1. The van der Waals surface area contributed by atoms with E-state index in [1.165, 1.54) is 18.2 Å². The van der Waals surface area contributed by atoms with E-state index in [1.807, 2.05) is 0 Å². The molecule has 33 heavy (non-hydrogen) atoms. The Kier molecular flexibility index (Phi) is 6.60. The predicted octanol–water partition coefficient (Wildman–Crippen LogP) is 2.11. The zero-order chi connectivity index (χ0) is 23.5. The monoisotopic (exact) mass is 453 g/mol. The van der Waals surface area contributed by atoms with Crippen molar-refractivity contribution in [1.29, 1.82) is 0 Å². The summed E-state index contributed by atoms with van der Waals surface area (Å²) in [5.41, 5.74) is 3.60. The molecule has 2 aromatic rings. The van der Waals surface area contributed by atoms with Crippen LogP contribution in [0.4, 0.5) is 10.1 Å². The van der Waals surface area contributed by atoms with Gasteiger partial charge in [-0.05, 0) is 75.5 Å². The Bertz CT molecular complexity index is 1130. The van der Waals surface area contributed by atoms with Crippen LogP contribution in [0.25, 0.3) is 11.6 Å². The number of aromatic nitrogens is 1. The number of aryl methyl sites for hydroxylation is 1. The first kappa shape index (κ1) is 22.7. The van der Waals surface area contributed by atoms with Gasteiger partial charge in [0, 0.05) is 29.2 Å². The van der Waals surface area contributed by atoms with E-state index >= 15 is 0 Å². The molecule has 174 valence electrons. The molecule has 1 fully saturated rings. The van der Waals surface area contributed by atoms with Crippen LogP contribution in [0.3, 0.4) is 0 Å². The number of hydrogen-bond donors (Lipinski definition) is 5. The molecule has 4 rings (SSSR count). The van der Waals surface area contributed by atoms with Crippen molar-refractivity contribution in [3.8, 4) is 0 Å². The molecule has 1 saturated heterocycles. The van der Waals surface area contributed by atoms with Gasteiger partial charge in [0.2, 0.25) is 5.91 Å². The molecule has 0 spiro atoms. The summed E-state index contributed by atoms with van der Waals surface area (Å²) in [6.45, 7) is 5.94. The molecule has 2 aliphatic heterocycles. The Labute approximate surface area is 191 Å². The second-order valence-corrected chi connectivity index (χ2v) is 8.55. The number of benzene rings is 1. The minimum Gasteiger partial charge on any atom is -0.358 e. The van der Waals surface area contributed by atoms with Crippen LogP contribution in [0.2, 0.25) is 0 Å². The summed E-state index contributed by atoms with van der Waals surface area (Å²) in [7, 11) is 0. The summed E-state index contributed by atoms with van der Waals surface area (Å²) < 4.78 is 13.7. The van der Waals surface area contributed by atoms with Gasteiger partial charge in [-0.25, -0.2) is 4.39 Å². The predicted molar refractivity (Wildman–Crippen MR) is 124 cm³/mol. The smallest absolute Gasteiger partial charge is 0.256 e. The Hall–Kier alpha value is -3.46. The van der Waals surface area contributed by atoms with Crippen molar-refractivity contribution in [3.63, 3.8) is 0 Å².